The predicted molar refractivity (Wildman–Crippen MR) is 134 cm³/mol. The highest BCUT2D eigenvalue weighted by Gasteiger charge is 2.23. The van der Waals surface area contributed by atoms with Gasteiger partial charge in [0.15, 0.2) is 0 Å². The second-order valence-corrected chi connectivity index (χ2v) is 8.97. The summed E-state index contributed by atoms with van der Waals surface area (Å²) in [5, 5.41) is 2.83. The van der Waals surface area contributed by atoms with Gasteiger partial charge < -0.3 is 19.7 Å². The van der Waals surface area contributed by atoms with Gasteiger partial charge in [-0.05, 0) is 38.0 Å². The lowest BCUT2D eigenvalue weighted by molar-refractivity contribution is 0.230. The maximum atomic E-state index is 13.7. The smallest absolute Gasteiger partial charge is 0.329 e. The Bertz CT molecular complexity index is 1220. The van der Waals surface area contributed by atoms with E-state index in [1.165, 1.54) is 11.3 Å². The summed E-state index contributed by atoms with van der Waals surface area (Å²) in [6.07, 6.45) is 5.54. The molecule has 0 bridgehead atoms. The van der Waals surface area contributed by atoms with Gasteiger partial charge in [-0.25, -0.2) is 9.59 Å². The van der Waals surface area contributed by atoms with Crippen LogP contribution in [-0.4, -0.2) is 47.9 Å². The van der Waals surface area contributed by atoms with Gasteiger partial charge in [0.05, 0.1) is 31.3 Å². The van der Waals surface area contributed by atoms with Crippen molar-refractivity contribution in [1.82, 2.24) is 14.0 Å². The fraction of sp³-hybridized carbons (Fsp3) is 0.462. The molecule has 4 rings (SSSR count). The second kappa shape index (κ2) is 10.2. The summed E-state index contributed by atoms with van der Waals surface area (Å²) in [6, 6.07) is 11.4. The van der Waals surface area contributed by atoms with Gasteiger partial charge in [0.25, 0.3) is 0 Å². The Balaban J connectivity index is 1.75. The van der Waals surface area contributed by atoms with Gasteiger partial charge in [0.1, 0.15) is 11.5 Å². The number of aromatic nitrogens is 2. The fourth-order valence-electron chi connectivity index (χ4n) is 4.72. The molecule has 1 heterocycles. The number of fused-ring (bicyclic) bond motifs is 1. The molecule has 8 heteroatoms. The number of nitrogens with one attached hydrogen (secondary N) is 1. The Hall–Kier alpha value is -3.42. The molecule has 0 saturated heterocycles. The van der Waals surface area contributed by atoms with E-state index in [9.17, 15) is 9.59 Å². The van der Waals surface area contributed by atoms with Crippen molar-refractivity contribution in [2.75, 3.05) is 33.1 Å². The van der Waals surface area contributed by atoms with Gasteiger partial charge in [0.2, 0.25) is 0 Å². The molecule has 0 spiro atoms. The van der Waals surface area contributed by atoms with Crippen LogP contribution in [0.4, 0.5) is 10.5 Å². The van der Waals surface area contributed by atoms with E-state index in [1.54, 1.807) is 27.3 Å². The zero-order valence-corrected chi connectivity index (χ0v) is 20.5. The number of carbonyl (C=O) groups excluding carboxylic acids is 1. The number of nitrogens with zero attached hydrogens (tertiary/aromatic N) is 3. The Labute approximate surface area is 200 Å². The predicted octanol–water partition coefficient (Wildman–Crippen LogP) is 4.86. The summed E-state index contributed by atoms with van der Waals surface area (Å²) >= 11 is 0. The van der Waals surface area contributed by atoms with E-state index in [4.69, 9.17) is 9.47 Å². The summed E-state index contributed by atoms with van der Waals surface area (Å²) in [5.74, 6) is 1.39. The summed E-state index contributed by atoms with van der Waals surface area (Å²) in [6.45, 7) is 2.91. The van der Waals surface area contributed by atoms with Crippen LogP contribution in [-0.2, 0) is 6.54 Å². The van der Waals surface area contributed by atoms with Crippen molar-refractivity contribution in [3.63, 3.8) is 0 Å². The average Bonchev–Trinajstić information content (AvgIpc) is 3.11. The molecule has 8 nitrogen and oxygen atoms in total. The minimum Gasteiger partial charge on any atom is -0.496 e. The number of ether oxygens (including phenoxy) is 2. The quantitative estimate of drug-likeness (QED) is 0.540. The maximum Gasteiger partial charge on any atom is 0.329 e. The largest absolute Gasteiger partial charge is 0.496 e. The van der Waals surface area contributed by atoms with Crippen molar-refractivity contribution >= 4 is 22.8 Å². The molecule has 0 radical (unpaired) electrons. The zero-order chi connectivity index (χ0) is 24.2. The molecule has 2 amide bonds. The van der Waals surface area contributed by atoms with Gasteiger partial charge in [-0.3, -0.25) is 9.13 Å². The lowest BCUT2D eigenvalue weighted by Gasteiger charge is -2.23. The zero-order valence-electron chi connectivity index (χ0n) is 20.5. The van der Waals surface area contributed by atoms with Crippen molar-refractivity contribution in [3.8, 4) is 11.5 Å². The molecular formula is C26H34N4O4. The van der Waals surface area contributed by atoms with Crippen LogP contribution in [0.3, 0.4) is 0 Å². The van der Waals surface area contributed by atoms with E-state index in [0.29, 0.717) is 24.6 Å². The van der Waals surface area contributed by atoms with Gasteiger partial charge in [-0.1, -0.05) is 25.3 Å². The minimum atomic E-state index is -0.216. The number of hydrogen-bond acceptors (Lipinski definition) is 4. The van der Waals surface area contributed by atoms with Gasteiger partial charge in [-0.15, -0.1) is 0 Å². The van der Waals surface area contributed by atoms with Crippen molar-refractivity contribution in [1.29, 1.82) is 0 Å². The number of benzene rings is 2. The third-order valence-electron chi connectivity index (χ3n) is 6.46. The molecule has 1 saturated carbocycles. The highest BCUT2D eigenvalue weighted by atomic mass is 16.5. The lowest BCUT2D eigenvalue weighted by Crippen LogP contribution is -2.29. The summed E-state index contributed by atoms with van der Waals surface area (Å²) in [5.41, 5.74) is 3.28. The minimum absolute atomic E-state index is 0.0115. The first-order chi connectivity index (χ1) is 16.4. The maximum absolute atomic E-state index is 13.7. The molecule has 2 aromatic carbocycles. The van der Waals surface area contributed by atoms with Crippen LogP contribution in [0.2, 0.25) is 0 Å². The van der Waals surface area contributed by atoms with Crippen molar-refractivity contribution in [2.45, 2.75) is 51.6 Å². The van der Waals surface area contributed by atoms with E-state index in [-0.39, 0.29) is 17.8 Å². The third kappa shape index (κ3) is 4.76. The number of imidazole rings is 1. The Morgan fingerprint density at radius 1 is 1.09 bits per heavy atom. The van der Waals surface area contributed by atoms with Crippen LogP contribution in [0.15, 0.2) is 41.2 Å². The topological polar surface area (TPSA) is 77.7 Å². The monoisotopic (exact) mass is 466 g/mol. The summed E-state index contributed by atoms with van der Waals surface area (Å²) < 4.78 is 15.1. The van der Waals surface area contributed by atoms with E-state index < -0.39 is 0 Å². The van der Waals surface area contributed by atoms with Crippen LogP contribution in [0.1, 0.15) is 50.6 Å². The molecule has 1 aliphatic rings. The first-order valence-corrected chi connectivity index (χ1v) is 12.0. The standard InChI is InChI=1S/C26H34N4O4/c1-5-34-21-13-14-22-23(16-21)30(20-9-7-6-8-10-20)26(32)29(22)17-18-11-12-19(15-24(18)33-4)27-25(31)28(2)3/h11-16,20H,5-10,17H2,1-4H3,(H,27,31). The van der Waals surface area contributed by atoms with E-state index in [2.05, 4.69) is 5.32 Å². The SMILES string of the molecule is CCOc1ccc2c(c1)n(C1CCCCC1)c(=O)n2Cc1ccc(NC(=O)N(C)C)cc1OC. The van der Waals surface area contributed by atoms with Gasteiger partial charge in [-0.2, -0.15) is 0 Å². The molecule has 1 aromatic heterocycles. The first kappa shape index (κ1) is 23.7. The Morgan fingerprint density at radius 2 is 1.85 bits per heavy atom. The third-order valence-corrected chi connectivity index (χ3v) is 6.46. The average molecular weight is 467 g/mol. The van der Waals surface area contributed by atoms with E-state index in [0.717, 1.165) is 48.0 Å². The highest BCUT2D eigenvalue weighted by molar-refractivity contribution is 5.89. The van der Waals surface area contributed by atoms with Crippen molar-refractivity contribution in [2.24, 2.45) is 0 Å². The molecule has 34 heavy (non-hydrogen) atoms. The number of anilines is 1. The van der Waals surface area contributed by atoms with Crippen LogP contribution in [0.25, 0.3) is 11.0 Å². The summed E-state index contributed by atoms with van der Waals surface area (Å²) in [7, 11) is 4.97. The van der Waals surface area contributed by atoms with Crippen molar-refractivity contribution in [3.05, 3.63) is 52.4 Å². The molecule has 3 aromatic rings. The number of urea groups is 1. The van der Waals surface area contributed by atoms with Crippen LogP contribution >= 0.6 is 0 Å². The molecule has 1 N–H and O–H groups in total. The number of amides is 2. The van der Waals surface area contributed by atoms with Crippen molar-refractivity contribution < 1.29 is 14.3 Å². The van der Waals surface area contributed by atoms with Gasteiger partial charge >= 0.3 is 11.7 Å². The van der Waals surface area contributed by atoms with Crippen LogP contribution in [0.5, 0.6) is 11.5 Å². The Kier molecular flexibility index (Phi) is 7.14. The van der Waals surface area contributed by atoms with E-state index >= 15 is 0 Å². The molecule has 0 aliphatic heterocycles. The number of carbonyl (C=O) groups is 1. The second-order valence-electron chi connectivity index (χ2n) is 8.97. The van der Waals surface area contributed by atoms with E-state index in [1.807, 2.05) is 46.4 Å². The number of methoxy groups -OCH3 is 1. The normalized spacial score (nSPS) is 14.2. The molecule has 0 atom stereocenters. The molecule has 1 fully saturated rings. The highest BCUT2D eigenvalue weighted by Crippen LogP contribution is 2.32. The Morgan fingerprint density at radius 3 is 2.53 bits per heavy atom. The molecule has 1 aliphatic carbocycles. The molecular weight excluding hydrogens is 432 g/mol. The number of rotatable bonds is 7. The van der Waals surface area contributed by atoms with Crippen LogP contribution < -0.4 is 20.5 Å². The van der Waals surface area contributed by atoms with Gasteiger partial charge in [0, 0.05) is 43.5 Å². The number of hydrogen-bond donors (Lipinski definition) is 1. The van der Waals surface area contributed by atoms with Crippen LogP contribution in [0, 0.1) is 0 Å². The molecule has 182 valence electrons. The summed E-state index contributed by atoms with van der Waals surface area (Å²) in [4.78, 5) is 27.2. The molecule has 0 unspecified atom stereocenters. The lowest BCUT2D eigenvalue weighted by atomic mass is 9.95. The first-order valence-electron chi connectivity index (χ1n) is 12.0. The fourth-order valence-corrected chi connectivity index (χ4v) is 4.72.